The molecule has 2 aromatic heterocycles. The van der Waals surface area contributed by atoms with Gasteiger partial charge in [0.1, 0.15) is 5.69 Å². The van der Waals surface area contributed by atoms with Gasteiger partial charge in [0.25, 0.3) is 11.8 Å². The Morgan fingerprint density at radius 1 is 0.850 bits per heavy atom. The lowest BCUT2D eigenvalue weighted by atomic mass is 9.98. The van der Waals surface area contributed by atoms with Gasteiger partial charge in [-0.1, -0.05) is 6.92 Å². The molecule has 3 aromatic carbocycles. The van der Waals surface area contributed by atoms with Crippen LogP contribution in [-0.4, -0.2) is 39.7 Å². The van der Waals surface area contributed by atoms with Crippen molar-refractivity contribution in [2.75, 3.05) is 28.6 Å². The summed E-state index contributed by atoms with van der Waals surface area (Å²) in [6, 6.07) is 22.9. The van der Waals surface area contributed by atoms with Crippen LogP contribution in [0.5, 0.6) is 0 Å². The molecule has 8 nitrogen and oxygen atoms in total. The highest BCUT2D eigenvalue weighted by Crippen LogP contribution is 2.25. The number of piperidine rings is 1. The number of H-pyrrole nitrogens is 1. The van der Waals surface area contributed by atoms with Crippen LogP contribution in [0.15, 0.2) is 85.2 Å². The maximum Gasteiger partial charge on any atom is 0.272 e. The molecule has 5 aromatic rings. The summed E-state index contributed by atoms with van der Waals surface area (Å²) in [5.41, 5.74) is 6.51. The average Bonchev–Trinajstić information content (AvgIpc) is 3.60. The van der Waals surface area contributed by atoms with Crippen molar-refractivity contribution in [3.63, 3.8) is 0 Å². The van der Waals surface area contributed by atoms with Gasteiger partial charge in [-0.2, -0.15) is 5.10 Å². The Morgan fingerprint density at radius 2 is 1.52 bits per heavy atom. The third kappa shape index (κ3) is 5.33. The third-order valence-corrected chi connectivity index (χ3v) is 7.55. The maximum absolute atomic E-state index is 12.9. The topological polar surface area (TPSA) is 95.0 Å². The molecule has 1 saturated heterocycles. The smallest absolute Gasteiger partial charge is 0.272 e. The van der Waals surface area contributed by atoms with E-state index in [1.54, 1.807) is 12.4 Å². The Bertz CT molecular complexity index is 1660. The number of hydrogen-bond acceptors (Lipinski definition) is 4. The highest BCUT2D eigenvalue weighted by Gasteiger charge is 2.17. The number of carbonyl (C=O) groups excluding carboxylic acids is 2. The molecule has 6 rings (SSSR count). The molecule has 0 unspecified atom stereocenters. The lowest BCUT2D eigenvalue weighted by Gasteiger charge is -2.32. The average molecular weight is 533 g/mol. The molecule has 3 heterocycles. The van der Waals surface area contributed by atoms with Crippen LogP contribution in [0, 0.1) is 12.8 Å². The molecule has 1 fully saturated rings. The van der Waals surface area contributed by atoms with E-state index in [0.29, 0.717) is 22.6 Å². The number of amides is 2. The van der Waals surface area contributed by atoms with Crippen molar-refractivity contribution < 1.29 is 9.59 Å². The zero-order chi connectivity index (χ0) is 27.6. The summed E-state index contributed by atoms with van der Waals surface area (Å²) < 4.78 is 1.83. The van der Waals surface area contributed by atoms with E-state index in [1.807, 2.05) is 84.4 Å². The normalized spacial score (nSPS) is 13.9. The van der Waals surface area contributed by atoms with Crippen molar-refractivity contribution in [1.29, 1.82) is 0 Å². The number of aromatic nitrogens is 3. The number of hydrogen-bond donors (Lipinski definition) is 3. The van der Waals surface area contributed by atoms with Crippen LogP contribution in [-0.2, 0) is 0 Å². The zero-order valence-electron chi connectivity index (χ0n) is 22.6. The van der Waals surface area contributed by atoms with Gasteiger partial charge in [-0.15, -0.1) is 0 Å². The van der Waals surface area contributed by atoms with Gasteiger partial charge in [0.05, 0.1) is 17.4 Å². The molecule has 0 atom stereocenters. The summed E-state index contributed by atoms with van der Waals surface area (Å²) in [7, 11) is 0. The second-order valence-electron chi connectivity index (χ2n) is 10.6. The van der Waals surface area contributed by atoms with Crippen LogP contribution in [0.4, 0.5) is 17.1 Å². The minimum Gasteiger partial charge on any atom is -0.372 e. The molecule has 0 spiro atoms. The van der Waals surface area contributed by atoms with E-state index in [0.717, 1.165) is 41.2 Å². The second-order valence-corrected chi connectivity index (χ2v) is 10.6. The number of anilines is 3. The third-order valence-electron chi connectivity index (χ3n) is 7.55. The van der Waals surface area contributed by atoms with E-state index in [9.17, 15) is 9.59 Å². The predicted molar refractivity (Wildman–Crippen MR) is 160 cm³/mol. The quantitative estimate of drug-likeness (QED) is 0.236. The van der Waals surface area contributed by atoms with Gasteiger partial charge in [-0.3, -0.25) is 9.59 Å². The first-order chi connectivity index (χ1) is 19.4. The monoisotopic (exact) mass is 532 g/mol. The second kappa shape index (κ2) is 10.7. The first-order valence-corrected chi connectivity index (χ1v) is 13.6. The van der Waals surface area contributed by atoms with E-state index in [-0.39, 0.29) is 11.8 Å². The minimum atomic E-state index is -0.187. The van der Waals surface area contributed by atoms with Crippen LogP contribution in [0.2, 0.25) is 0 Å². The molecule has 0 bridgehead atoms. The zero-order valence-corrected chi connectivity index (χ0v) is 22.6. The Kier molecular flexibility index (Phi) is 6.82. The number of aromatic amines is 1. The fourth-order valence-electron chi connectivity index (χ4n) is 5.13. The van der Waals surface area contributed by atoms with Crippen molar-refractivity contribution in [2.45, 2.75) is 26.7 Å². The minimum absolute atomic E-state index is 0.141. The van der Waals surface area contributed by atoms with Crippen LogP contribution in [0.25, 0.3) is 16.6 Å². The molecular weight excluding hydrogens is 500 g/mol. The molecule has 2 amide bonds. The summed E-state index contributed by atoms with van der Waals surface area (Å²) in [6.45, 7) is 6.37. The van der Waals surface area contributed by atoms with E-state index in [4.69, 9.17) is 0 Å². The molecule has 1 aliphatic rings. The molecule has 0 aliphatic carbocycles. The van der Waals surface area contributed by atoms with E-state index in [2.05, 4.69) is 32.5 Å². The first kappa shape index (κ1) is 25.4. The summed E-state index contributed by atoms with van der Waals surface area (Å²) in [5, 5.41) is 11.4. The summed E-state index contributed by atoms with van der Waals surface area (Å²) in [6.07, 6.45) is 5.99. The Morgan fingerprint density at radius 3 is 2.23 bits per heavy atom. The molecule has 8 heteroatoms. The van der Waals surface area contributed by atoms with Gasteiger partial charge >= 0.3 is 0 Å². The van der Waals surface area contributed by atoms with Crippen molar-refractivity contribution in [1.82, 2.24) is 14.8 Å². The number of benzene rings is 3. The molecule has 0 radical (unpaired) electrons. The number of nitrogens with one attached hydrogen (secondary N) is 3. The van der Waals surface area contributed by atoms with Crippen molar-refractivity contribution in [3.05, 3.63) is 102 Å². The van der Waals surface area contributed by atoms with Crippen molar-refractivity contribution in [3.8, 4) is 5.69 Å². The highest BCUT2D eigenvalue weighted by atomic mass is 16.2. The predicted octanol–water partition coefficient (Wildman–Crippen LogP) is 6.40. The number of aryl methyl sites for hydroxylation is 1. The van der Waals surface area contributed by atoms with Gasteiger partial charge in [0.15, 0.2) is 0 Å². The molecule has 3 N–H and O–H groups in total. The largest absolute Gasteiger partial charge is 0.372 e. The number of nitrogens with zero attached hydrogens (tertiary/aromatic N) is 3. The first-order valence-electron chi connectivity index (χ1n) is 13.6. The van der Waals surface area contributed by atoms with Gasteiger partial charge in [0, 0.05) is 47.3 Å². The lowest BCUT2D eigenvalue weighted by molar-refractivity contribution is 0.101. The fourth-order valence-corrected chi connectivity index (χ4v) is 5.13. The van der Waals surface area contributed by atoms with Gasteiger partial charge in [-0.05, 0) is 104 Å². The Hall–Kier alpha value is -4.85. The molecule has 40 heavy (non-hydrogen) atoms. The van der Waals surface area contributed by atoms with Crippen LogP contribution < -0.4 is 15.5 Å². The summed E-state index contributed by atoms with van der Waals surface area (Å²) in [5.74, 6) is 0.454. The summed E-state index contributed by atoms with van der Waals surface area (Å²) >= 11 is 0. The maximum atomic E-state index is 12.9. The number of rotatable bonds is 6. The van der Waals surface area contributed by atoms with Crippen molar-refractivity contribution in [2.24, 2.45) is 5.92 Å². The van der Waals surface area contributed by atoms with Gasteiger partial charge in [0.2, 0.25) is 0 Å². The molecule has 202 valence electrons. The van der Waals surface area contributed by atoms with Crippen LogP contribution in [0.3, 0.4) is 0 Å². The number of fused-ring (bicyclic) bond motifs is 1. The van der Waals surface area contributed by atoms with Gasteiger partial charge in [-0.25, -0.2) is 4.68 Å². The van der Waals surface area contributed by atoms with Gasteiger partial charge < -0.3 is 20.5 Å². The molecule has 0 saturated carbocycles. The Labute approximate surface area is 233 Å². The molecular formula is C32H32N6O2. The Balaban J connectivity index is 1.11. The van der Waals surface area contributed by atoms with Crippen molar-refractivity contribution >= 4 is 39.8 Å². The highest BCUT2D eigenvalue weighted by molar-refractivity contribution is 6.05. The number of carbonyl (C=O) groups is 2. The molecule has 1 aliphatic heterocycles. The van der Waals surface area contributed by atoms with E-state index in [1.165, 1.54) is 18.5 Å². The standard InChI is InChI=1S/C32H32N6O2/c1-21-13-15-37(16-14-21)27-8-3-23(4-9-27)31(39)36-26-7-12-30-24(18-26)20-34-38(30)28-10-5-25(6-11-28)35-32(40)29-17-22(2)19-33-29/h3-12,17-21,33H,13-16H2,1-2H3,(H,35,40)(H,36,39). The van der Waals surface area contributed by atoms with Crippen LogP contribution in [0.1, 0.15) is 46.2 Å². The SMILES string of the molecule is Cc1c[nH]c(C(=O)Nc2ccc(-n3ncc4cc(NC(=O)c5ccc(N6CCC(C)CC6)cc5)ccc43)cc2)c1. The fraction of sp³-hybridized carbons (Fsp3) is 0.219. The van der Waals surface area contributed by atoms with E-state index < -0.39 is 0 Å². The van der Waals surface area contributed by atoms with E-state index >= 15 is 0 Å². The van der Waals surface area contributed by atoms with Crippen LogP contribution >= 0.6 is 0 Å². The lowest BCUT2D eigenvalue weighted by Crippen LogP contribution is -2.32. The summed E-state index contributed by atoms with van der Waals surface area (Å²) in [4.78, 5) is 30.7.